The number of carbonyl (C=O) groups excluding carboxylic acids is 4. The fourth-order valence-electron chi connectivity index (χ4n) is 2.27. The Morgan fingerprint density at radius 1 is 0.897 bits per heavy atom. The van der Waals surface area contributed by atoms with Crippen molar-refractivity contribution in [1.29, 1.82) is 0 Å². The van der Waals surface area contributed by atoms with Gasteiger partial charge in [-0.3, -0.25) is 14.4 Å². The maximum Gasteiger partial charge on any atom is 0.246 e. The first-order chi connectivity index (χ1) is 14.0. The van der Waals surface area contributed by atoms with E-state index in [9.17, 15) is 19.2 Å². The normalized spacial score (nSPS) is 11.7. The minimum Gasteiger partial charge on any atom is -0.381 e. The number of amides is 3. The molecule has 10 heteroatoms. The summed E-state index contributed by atoms with van der Waals surface area (Å²) in [4.78, 5) is 43.5. The molecule has 29 heavy (non-hydrogen) atoms. The van der Waals surface area contributed by atoms with Crippen LogP contribution in [0.4, 0.5) is 0 Å². The van der Waals surface area contributed by atoms with Crippen molar-refractivity contribution in [2.45, 2.75) is 57.5 Å². The van der Waals surface area contributed by atoms with Gasteiger partial charge in [0.1, 0.15) is 12.9 Å². The standard InChI is InChI=1S/C19H35N3O7/c20-17(24)7-12-27-11-6-16(14-28-13-8-18(21)25)29-15-19(26)22-9-4-2-1-3-5-10-23/h10,16H,1-9,11-15H2,(H2,20,24)(H2,21,25)(H,22,26). The van der Waals surface area contributed by atoms with Crippen LogP contribution in [0, 0.1) is 0 Å². The molecule has 0 aromatic rings. The van der Waals surface area contributed by atoms with E-state index < -0.39 is 17.9 Å². The summed E-state index contributed by atoms with van der Waals surface area (Å²) >= 11 is 0. The molecule has 0 saturated carbocycles. The first-order valence-corrected chi connectivity index (χ1v) is 9.99. The molecule has 1 unspecified atom stereocenters. The quantitative estimate of drug-likeness (QED) is 0.172. The van der Waals surface area contributed by atoms with E-state index in [2.05, 4.69) is 5.32 Å². The topological polar surface area (TPSA) is 160 Å². The summed E-state index contributed by atoms with van der Waals surface area (Å²) < 4.78 is 16.3. The van der Waals surface area contributed by atoms with Crippen molar-refractivity contribution in [3.63, 3.8) is 0 Å². The van der Waals surface area contributed by atoms with Crippen molar-refractivity contribution in [3.8, 4) is 0 Å². The molecule has 168 valence electrons. The molecule has 0 fully saturated rings. The molecule has 0 saturated heterocycles. The van der Waals surface area contributed by atoms with Crippen molar-refractivity contribution in [2.24, 2.45) is 11.5 Å². The first kappa shape index (κ1) is 27.0. The van der Waals surface area contributed by atoms with Crippen LogP contribution in [0.25, 0.3) is 0 Å². The number of nitrogens with one attached hydrogen (secondary N) is 1. The average molecular weight is 418 g/mol. The van der Waals surface area contributed by atoms with Crippen molar-refractivity contribution in [2.75, 3.05) is 39.6 Å². The number of carbonyl (C=O) groups is 4. The number of unbranched alkanes of at least 4 members (excludes halogenated alkanes) is 4. The largest absolute Gasteiger partial charge is 0.381 e. The van der Waals surface area contributed by atoms with E-state index in [0.29, 0.717) is 26.0 Å². The lowest BCUT2D eigenvalue weighted by atomic mass is 10.1. The Morgan fingerprint density at radius 2 is 1.55 bits per heavy atom. The smallest absolute Gasteiger partial charge is 0.246 e. The van der Waals surface area contributed by atoms with Crippen LogP contribution in [-0.4, -0.2) is 69.7 Å². The van der Waals surface area contributed by atoms with Gasteiger partial charge in [0, 0.05) is 32.4 Å². The van der Waals surface area contributed by atoms with E-state index in [1.165, 1.54) is 0 Å². The van der Waals surface area contributed by atoms with E-state index in [4.69, 9.17) is 25.7 Å². The molecule has 0 aliphatic carbocycles. The molecule has 0 aromatic heterocycles. The van der Waals surface area contributed by atoms with Gasteiger partial charge in [-0.2, -0.15) is 0 Å². The molecule has 0 aliphatic heterocycles. The Balaban J connectivity index is 4.02. The van der Waals surface area contributed by atoms with Crippen LogP contribution in [-0.2, 0) is 33.4 Å². The highest BCUT2D eigenvalue weighted by molar-refractivity contribution is 5.77. The van der Waals surface area contributed by atoms with Crippen LogP contribution in [0.3, 0.4) is 0 Å². The van der Waals surface area contributed by atoms with Crippen LogP contribution in [0.15, 0.2) is 0 Å². The van der Waals surface area contributed by atoms with Gasteiger partial charge in [-0.25, -0.2) is 0 Å². The summed E-state index contributed by atoms with van der Waals surface area (Å²) in [6.45, 7) is 1.34. The summed E-state index contributed by atoms with van der Waals surface area (Å²) in [6.07, 6.45) is 5.43. The molecule has 3 amide bonds. The Morgan fingerprint density at radius 3 is 2.21 bits per heavy atom. The third kappa shape index (κ3) is 20.5. The monoisotopic (exact) mass is 417 g/mol. The van der Waals surface area contributed by atoms with Crippen molar-refractivity contribution in [1.82, 2.24) is 5.32 Å². The molecular weight excluding hydrogens is 382 g/mol. The summed E-state index contributed by atoms with van der Waals surface area (Å²) in [7, 11) is 0. The predicted octanol–water partition coefficient (Wildman–Crippen LogP) is -0.189. The zero-order chi connectivity index (χ0) is 21.7. The number of nitrogens with two attached hydrogens (primary N) is 2. The molecule has 0 aromatic carbocycles. The number of hydrogen-bond acceptors (Lipinski definition) is 7. The molecular formula is C19H35N3O7. The molecule has 0 rings (SSSR count). The third-order valence-corrected chi connectivity index (χ3v) is 3.89. The van der Waals surface area contributed by atoms with E-state index in [1.807, 2.05) is 0 Å². The van der Waals surface area contributed by atoms with Crippen LogP contribution in [0.5, 0.6) is 0 Å². The number of primary amides is 2. The Labute approximate surface area is 172 Å². The van der Waals surface area contributed by atoms with Gasteiger partial charge in [0.2, 0.25) is 17.7 Å². The highest BCUT2D eigenvalue weighted by Gasteiger charge is 2.13. The minimum absolute atomic E-state index is 0.106. The SMILES string of the molecule is NC(=O)CCOCCC(COCCC(N)=O)OCC(=O)NCCCCCCC=O. The Bertz CT molecular complexity index is 475. The second-order valence-electron chi connectivity index (χ2n) is 6.56. The van der Waals surface area contributed by atoms with Gasteiger partial charge in [0.15, 0.2) is 0 Å². The average Bonchev–Trinajstić information content (AvgIpc) is 2.67. The molecule has 0 radical (unpaired) electrons. The van der Waals surface area contributed by atoms with Crippen LogP contribution >= 0.6 is 0 Å². The first-order valence-electron chi connectivity index (χ1n) is 9.99. The van der Waals surface area contributed by atoms with Gasteiger partial charge in [-0.1, -0.05) is 12.8 Å². The number of rotatable bonds is 21. The van der Waals surface area contributed by atoms with E-state index in [0.717, 1.165) is 32.0 Å². The molecule has 0 spiro atoms. The molecule has 0 bridgehead atoms. The van der Waals surface area contributed by atoms with Gasteiger partial charge < -0.3 is 35.8 Å². The second kappa shape index (κ2) is 19.3. The van der Waals surface area contributed by atoms with E-state index in [-0.39, 0.29) is 45.2 Å². The predicted molar refractivity (Wildman–Crippen MR) is 106 cm³/mol. The zero-order valence-electron chi connectivity index (χ0n) is 17.1. The number of ether oxygens (including phenoxy) is 3. The minimum atomic E-state index is -0.456. The Kier molecular flexibility index (Phi) is 17.9. The Hall–Kier alpha value is -2.04. The summed E-state index contributed by atoms with van der Waals surface area (Å²) in [5.74, 6) is -1.12. The number of hydrogen-bond donors (Lipinski definition) is 3. The van der Waals surface area contributed by atoms with Crippen LogP contribution < -0.4 is 16.8 Å². The van der Waals surface area contributed by atoms with Gasteiger partial charge in [0.05, 0.1) is 25.9 Å². The molecule has 0 heterocycles. The summed E-state index contributed by atoms with van der Waals surface area (Å²) in [5.41, 5.74) is 10.1. The van der Waals surface area contributed by atoms with Crippen LogP contribution in [0.2, 0.25) is 0 Å². The number of aldehydes is 1. The highest BCUT2D eigenvalue weighted by Crippen LogP contribution is 2.03. The maximum atomic E-state index is 11.9. The van der Waals surface area contributed by atoms with Crippen molar-refractivity contribution >= 4 is 24.0 Å². The zero-order valence-corrected chi connectivity index (χ0v) is 17.1. The van der Waals surface area contributed by atoms with Crippen molar-refractivity contribution < 1.29 is 33.4 Å². The molecule has 1 atom stereocenters. The van der Waals surface area contributed by atoms with E-state index in [1.54, 1.807) is 0 Å². The maximum absolute atomic E-state index is 11.9. The van der Waals surface area contributed by atoms with Crippen LogP contribution in [0.1, 0.15) is 51.4 Å². The van der Waals surface area contributed by atoms with Gasteiger partial charge >= 0.3 is 0 Å². The lowest BCUT2D eigenvalue weighted by Crippen LogP contribution is -2.32. The van der Waals surface area contributed by atoms with Gasteiger partial charge in [-0.05, 0) is 19.3 Å². The highest BCUT2D eigenvalue weighted by atomic mass is 16.5. The van der Waals surface area contributed by atoms with Crippen molar-refractivity contribution in [3.05, 3.63) is 0 Å². The third-order valence-electron chi connectivity index (χ3n) is 3.89. The molecule has 0 aliphatic rings. The van der Waals surface area contributed by atoms with Gasteiger partial charge in [0.25, 0.3) is 0 Å². The second-order valence-corrected chi connectivity index (χ2v) is 6.56. The summed E-state index contributed by atoms with van der Waals surface area (Å²) in [6, 6.07) is 0. The van der Waals surface area contributed by atoms with E-state index >= 15 is 0 Å². The fourth-order valence-corrected chi connectivity index (χ4v) is 2.27. The summed E-state index contributed by atoms with van der Waals surface area (Å²) in [5, 5.41) is 2.78. The lowest BCUT2D eigenvalue weighted by molar-refractivity contribution is -0.130. The van der Waals surface area contributed by atoms with Gasteiger partial charge in [-0.15, -0.1) is 0 Å². The fraction of sp³-hybridized carbons (Fsp3) is 0.789. The molecule has 10 nitrogen and oxygen atoms in total. The molecule has 5 N–H and O–H groups in total. The lowest BCUT2D eigenvalue weighted by Gasteiger charge is -2.18.